The maximum Gasteiger partial charge on any atom is 0.262 e. The summed E-state index contributed by atoms with van der Waals surface area (Å²) in [5.74, 6) is -0.204. The summed E-state index contributed by atoms with van der Waals surface area (Å²) in [6, 6.07) is 9.70. The summed E-state index contributed by atoms with van der Waals surface area (Å²) in [6.45, 7) is 5.97. The summed E-state index contributed by atoms with van der Waals surface area (Å²) >= 11 is 1.52. The summed E-state index contributed by atoms with van der Waals surface area (Å²) in [5, 5.41) is 3.54. The van der Waals surface area contributed by atoms with E-state index in [0.717, 1.165) is 27.3 Å². The van der Waals surface area contributed by atoms with Gasteiger partial charge in [0.25, 0.3) is 5.56 Å². The van der Waals surface area contributed by atoms with Crippen molar-refractivity contribution in [2.24, 2.45) is 0 Å². The van der Waals surface area contributed by atoms with Crippen LogP contribution in [0.3, 0.4) is 0 Å². The Morgan fingerprint density at radius 2 is 2.12 bits per heavy atom. The van der Waals surface area contributed by atoms with Crippen molar-refractivity contribution in [1.82, 2.24) is 14.9 Å². The van der Waals surface area contributed by atoms with Crippen LogP contribution in [-0.4, -0.2) is 15.5 Å². The topological polar surface area (TPSA) is 64.0 Å². The minimum Gasteiger partial charge on any atom is -0.348 e. The molecular formula is C19H21N3O2S. The molecule has 0 saturated carbocycles. The molecule has 0 spiro atoms. The number of nitrogens with zero attached hydrogens (tertiary/aromatic N) is 2. The van der Waals surface area contributed by atoms with E-state index in [1.807, 2.05) is 51.1 Å². The number of thiophene rings is 1. The largest absolute Gasteiger partial charge is 0.348 e. The predicted molar refractivity (Wildman–Crippen MR) is 101 cm³/mol. The molecule has 1 atom stereocenters. The minimum atomic E-state index is -0.204. The van der Waals surface area contributed by atoms with E-state index in [2.05, 4.69) is 10.3 Å². The van der Waals surface area contributed by atoms with Crippen molar-refractivity contribution < 1.29 is 4.79 Å². The average Bonchev–Trinajstić information content (AvgIpc) is 3.02. The molecule has 6 heteroatoms. The summed E-state index contributed by atoms with van der Waals surface area (Å²) in [5.41, 5.74) is 2.03. The van der Waals surface area contributed by atoms with Crippen LogP contribution < -0.4 is 10.9 Å². The molecule has 0 aliphatic rings. The molecule has 2 aromatic heterocycles. The Hall–Kier alpha value is -2.47. The van der Waals surface area contributed by atoms with Crippen molar-refractivity contribution >= 4 is 27.5 Å². The van der Waals surface area contributed by atoms with Crippen LogP contribution in [0.2, 0.25) is 0 Å². The maximum atomic E-state index is 12.6. The van der Waals surface area contributed by atoms with Crippen molar-refractivity contribution in [3.8, 4) is 0 Å². The highest BCUT2D eigenvalue weighted by molar-refractivity contribution is 7.18. The van der Waals surface area contributed by atoms with Crippen LogP contribution in [0.5, 0.6) is 0 Å². The Bertz CT molecular complexity index is 974. The second kappa shape index (κ2) is 7.19. The molecule has 1 amide bonds. The second-order valence-corrected chi connectivity index (χ2v) is 7.22. The zero-order valence-corrected chi connectivity index (χ0v) is 15.4. The maximum absolute atomic E-state index is 12.6. The van der Waals surface area contributed by atoms with Crippen molar-refractivity contribution in [3.63, 3.8) is 0 Å². The van der Waals surface area contributed by atoms with Crippen LogP contribution >= 0.6 is 11.3 Å². The Kier molecular flexibility index (Phi) is 4.99. The minimum absolute atomic E-state index is 0.0324. The SMILES string of the molecule is CCc1cc2c(=O)n(CC(=O)NC(C)c3ccccc3C)cnc2s1. The third kappa shape index (κ3) is 3.64. The number of nitrogens with one attached hydrogen (secondary N) is 1. The smallest absolute Gasteiger partial charge is 0.262 e. The number of aromatic nitrogens is 2. The van der Waals surface area contributed by atoms with Gasteiger partial charge in [0.2, 0.25) is 5.91 Å². The molecular weight excluding hydrogens is 334 g/mol. The van der Waals surface area contributed by atoms with E-state index in [9.17, 15) is 9.59 Å². The molecule has 1 unspecified atom stereocenters. The summed E-state index contributed by atoms with van der Waals surface area (Å²) < 4.78 is 1.37. The molecule has 130 valence electrons. The van der Waals surface area contributed by atoms with Gasteiger partial charge in [0.1, 0.15) is 11.4 Å². The monoisotopic (exact) mass is 355 g/mol. The Labute approximate surface area is 150 Å². The number of amides is 1. The molecule has 2 heterocycles. The van der Waals surface area contributed by atoms with Crippen LogP contribution in [0.15, 0.2) is 41.5 Å². The number of aryl methyl sites for hydroxylation is 2. The fourth-order valence-corrected chi connectivity index (χ4v) is 3.81. The van der Waals surface area contributed by atoms with Gasteiger partial charge < -0.3 is 5.32 Å². The molecule has 0 bridgehead atoms. The molecule has 0 saturated heterocycles. The lowest BCUT2D eigenvalue weighted by molar-refractivity contribution is -0.122. The van der Waals surface area contributed by atoms with Crippen LogP contribution in [0.4, 0.5) is 0 Å². The van der Waals surface area contributed by atoms with Crippen molar-refractivity contribution in [2.75, 3.05) is 0 Å². The van der Waals surface area contributed by atoms with Crippen molar-refractivity contribution in [3.05, 3.63) is 63.0 Å². The average molecular weight is 355 g/mol. The Morgan fingerprint density at radius 3 is 2.84 bits per heavy atom. The second-order valence-electron chi connectivity index (χ2n) is 6.11. The number of benzene rings is 1. The molecule has 3 aromatic rings. The van der Waals surface area contributed by atoms with Crippen LogP contribution in [-0.2, 0) is 17.8 Å². The highest BCUT2D eigenvalue weighted by Gasteiger charge is 2.14. The number of rotatable bonds is 5. The van der Waals surface area contributed by atoms with Gasteiger partial charge in [-0.25, -0.2) is 4.98 Å². The van der Waals surface area contributed by atoms with Crippen LogP contribution in [0.25, 0.3) is 10.2 Å². The number of carbonyl (C=O) groups is 1. The van der Waals surface area contributed by atoms with E-state index in [0.29, 0.717) is 5.39 Å². The lowest BCUT2D eigenvalue weighted by Gasteiger charge is -2.17. The lowest BCUT2D eigenvalue weighted by atomic mass is 10.0. The highest BCUT2D eigenvalue weighted by Crippen LogP contribution is 2.21. The molecule has 0 aliphatic heterocycles. The van der Waals surface area contributed by atoms with E-state index in [-0.39, 0.29) is 24.1 Å². The van der Waals surface area contributed by atoms with E-state index in [1.165, 1.54) is 22.2 Å². The molecule has 1 N–H and O–H groups in total. The lowest BCUT2D eigenvalue weighted by Crippen LogP contribution is -2.34. The molecule has 1 aromatic carbocycles. The fraction of sp³-hybridized carbons (Fsp3) is 0.316. The summed E-state index contributed by atoms with van der Waals surface area (Å²) in [4.78, 5) is 31.1. The summed E-state index contributed by atoms with van der Waals surface area (Å²) in [6.07, 6.45) is 2.33. The zero-order chi connectivity index (χ0) is 18.0. The first-order chi connectivity index (χ1) is 12.0. The first kappa shape index (κ1) is 17.4. The molecule has 0 aliphatic carbocycles. The van der Waals surface area contributed by atoms with E-state index >= 15 is 0 Å². The fourth-order valence-electron chi connectivity index (χ4n) is 2.89. The van der Waals surface area contributed by atoms with Crippen molar-refractivity contribution in [2.45, 2.75) is 39.8 Å². The van der Waals surface area contributed by atoms with E-state index in [4.69, 9.17) is 0 Å². The van der Waals surface area contributed by atoms with Crippen LogP contribution in [0.1, 0.15) is 35.9 Å². The third-order valence-electron chi connectivity index (χ3n) is 4.26. The van der Waals surface area contributed by atoms with Gasteiger partial charge in [-0.2, -0.15) is 0 Å². The summed E-state index contributed by atoms with van der Waals surface area (Å²) in [7, 11) is 0. The predicted octanol–water partition coefficient (Wildman–Crippen LogP) is 3.21. The van der Waals surface area contributed by atoms with Gasteiger partial charge in [0, 0.05) is 4.88 Å². The Balaban J connectivity index is 1.77. The quantitative estimate of drug-likeness (QED) is 0.764. The number of hydrogen-bond acceptors (Lipinski definition) is 4. The van der Waals surface area contributed by atoms with Crippen molar-refractivity contribution in [1.29, 1.82) is 0 Å². The first-order valence-corrected chi connectivity index (χ1v) is 9.14. The van der Waals surface area contributed by atoms with Gasteiger partial charge in [-0.1, -0.05) is 31.2 Å². The van der Waals surface area contributed by atoms with Gasteiger partial charge >= 0.3 is 0 Å². The molecule has 0 fully saturated rings. The van der Waals surface area contributed by atoms with Gasteiger partial charge in [-0.05, 0) is 37.5 Å². The Morgan fingerprint density at radius 1 is 1.36 bits per heavy atom. The number of hydrogen-bond donors (Lipinski definition) is 1. The molecule has 3 rings (SSSR count). The van der Waals surface area contributed by atoms with Gasteiger partial charge in [-0.3, -0.25) is 14.2 Å². The van der Waals surface area contributed by atoms with E-state index in [1.54, 1.807) is 0 Å². The number of carbonyl (C=O) groups excluding carboxylic acids is 1. The third-order valence-corrected chi connectivity index (χ3v) is 5.45. The van der Waals surface area contributed by atoms with Gasteiger partial charge in [-0.15, -0.1) is 11.3 Å². The zero-order valence-electron chi connectivity index (χ0n) is 14.6. The molecule has 5 nitrogen and oxygen atoms in total. The standard InChI is InChI=1S/C19H21N3O2S/c1-4-14-9-16-18(25-14)20-11-22(19(16)24)10-17(23)21-13(3)15-8-6-5-7-12(15)2/h5-9,11,13H,4,10H2,1-3H3,(H,21,23). The molecule has 0 radical (unpaired) electrons. The van der Waals surface area contributed by atoms with Crippen LogP contribution in [0, 0.1) is 6.92 Å². The molecule has 25 heavy (non-hydrogen) atoms. The highest BCUT2D eigenvalue weighted by atomic mass is 32.1. The van der Waals surface area contributed by atoms with E-state index < -0.39 is 0 Å². The van der Waals surface area contributed by atoms with Gasteiger partial charge in [0.15, 0.2) is 0 Å². The first-order valence-electron chi connectivity index (χ1n) is 8.32. The van der Waals surface area contributed by atoms with Gasteiger partial charge in [0.05, 0.1) is 17.8 Å². The number of fused-ring (bicyclic) bond motifs is 1. The normalized spacial score (nSPS) is 12.3.